The Balaban J connectivity index is 2.52. The molecule has 1 heterocycles. The number of benzene rings is 1. The molecule has 1 aromatic carbocycles. The van der Waals surface area contributed by atoms with E-state index in [-0.39, 0.29) is 94.4 Å². The van der Waals surface area contributed by atoms with Gasteiger partial charge in [-0.25, -0.2) is 9.78 Å². The highest BCUT2D eigenvalue weighted by Crippen LogP contribution is 2.15. The lowest BCUT2D eigenvalue weighted by Gasteiger charge is -2.28. The average Bonchev–Trinajstić information content (AvgIpc) is 3.85. The number of aliphatic carboxylic acids is 1. The number of unbranched alkanes of at least 4 members (excludes halogenated alkanes) is 1. The minimum atomic E-state index is -1.53. The van der Waals surface area contributed by atoms with Crippen molar-refractivity contribution in [2.24, 2.45) is 45.5 Å². The van der Waals surface area contributed by atoms with Gasteiger partial charge in [0.25, 0.3) is 0 Å². The zero-order chi connectivity index (χ0) is 55.5. The number of phenolic OH excluding ortho intramolecular Hbond substituents is 1. The topological polar surface area (TPSA) is 470 Å². The first-order chi connectivity index (χ1) is 34.9. The molecule has 0 unspecified atom stereocenters. The van der Waals surface area contributed by atoms with Crippen molar-refractivity contribution in [3.8, 4) is 5.75 Å². The highest BCUT2D eigenvalue weighted by atomic mass is 16.4. The first-order valence-corrected chi connectivity index (χ1v) is 24.4. The minimum Gasteiger partial charge on any atom is -0.508 e. The molecule has 0 radical (unpaired) electrons. The molecule has 0 spiro atoms. The molecular formula is C47H77N15O12. The monoisotopic (exact) mass is 1040 g/mol. The first kappa shape index (κ1) is 62.7. The molecule has 412 valence electrons. The lowest BCUT2D eigenvalue weighted by Crippen LogP contribution is -2.60. The molecule has 2 rings (SSSR count). The number of primary amides is 1. The van der Waals surface area contributed by atoms with Gasteiger partial charge in [0.1, 0.15) is 54.1 Å². The van der Waals surface area contributed by atoms with E-state index >= 15 is 0 Å². The Kier molecular flexibility index (Phi) is 27.7. The average molecular weight is 1040 g/mol. The van der Waals surface area contributed by atoms with Gasteiger partial charge in [-0.3, -0.25) is 43.3 Å². The van der Waals surface area contributed by atoms with Gasteiger partial charge in [0.05, 0.1) is 12.9 Å². The summed E-state index contributed by atoms with van der Waals surface area (Å²) in [4.78, 5) is 132. The highest BCUT2D eigenvalue weighted by molar-refractivity contribution is 5.98. The number of carbonyl (C=O) groups excluding carboxylic acids is 8. The maximum atomic E-state index is 14.4. The number of amides is 8. The fourth-order valence-corrected chi connectivity index (χ4v) is 7.38. The summed E-state index contributed by atoms with van der Waals surface area (Å²) >= 11 is 0. The third kappa shape index (κ3) is 23.9. The SMILES string of the molecule is CC(C)C[C@H](NC(=O)[C@H](CCCN=C(N)N)NC(=O)[C@H](Cc1ccc(O)cc1)NC(=O)[C@H](CCCCN)NC(=O)[C@H](CCC(N)=O)NC(=O)[C@H](CC(C)C)NC(=O)[C@H](Cc1cnc[nH]1)NC(=O)[C@@H](N)CO)C(=O)O. The van der Waals surface area contributed by atoms with Crippen LogP contribution in [0.2, 0.25) is 0 Å². The van der Waals surface area contributed by atoms with E-state index in [1.165, 1.54) is 36.8 Å². The van der Waals surface area contributed by atoms with E-state index in [0.717, 1.165) is 0 Å². The molecule has 2 aromatic rings. The smallest absolute Gasteiger partial charge is 0.326 e. The van der Waals surface area contributed by atoms with Crippen LogP contribution >= 0.6 is 0 Å². The Morgan fingerprint density at radius 2 is 1.08 bits per heavy atom. The van der Waals surface area contributed by atoms with E-state index < -0.39 is 115 Å². The fourth-order valence-electron chi connectivity index (χ4n) is 7.38. The number of nitrogens with zero attached hydrogens (tertiary/aromatic N) is 2. The molecule has 8 atom stereocenters. The number of nitrogens with two attached hydrogens (primary N) is 5. The van der Waals surface area contributed by atoms with E-state index in [1.54, 1.807) is 27.7 Å². The number of imidazole rings is 1. The Hall–Kier alpha value is -7.39. The van der Waals surface area contributed by atoms with Gasteiger partial charge in [-0.2, -0.15) is 0 Å². The summed E-state index contributed by atoms with van der Waals surface area (Å²) in [6, 6.07) is -5.38. The first-order valence-electron chi connectivity index (χ1n) is 24.4. The van der Waals surface area contributed by atoms with Crippen LogP contribution in [-0.2, 0) is 56.0 Å². The van der Waals surface area contributed by atoms with Crippen LogP contribution in [-0.4, -0.2) is 153 Å². The molecule has 0 bridgehead atoms. The van der Waals surface area contributed by atoms with Crippen molar-refractivity contribution in [1.29, 1.82) is 0 Å². The number of guanidine groups is 1. The van der Waals surface area contributed by atoms with Crippen molar-refractivity contribution < 1.29 is 58.5 Å². The van der Waals surface area contributed by atoms with Crippen molar-refractivity contribution in [3.63, 3.8) is 0 Å². The second kappa shape index (κ2) is 32.6. The second-order valence-corrected chi connectivity index (χ2v) is 18.7. The fraction of sp³-hybridized carbons (Fsp3) is 0.596. The molecule has 0 aliphatic carbocycles. The molecule has 8 amide bonds. The van der Waals surface area contributed by atoms with E-state index in [1.807, 2.05) is 0 Å². The number of H-pyrrole nitrogens is 1. The van der Waals surface area contributed by atoms with Crippen LogP contribution in [0.25, 0.3) is 0 Å². The molecule has 74 heavy (non-hydrogen) atoms. The Labute approximate surface area is 429 Å². The van der Waals surface area contributed by atoms with Crippen molar-refractivity contribution in [2.45, 2.75) is 147 Å². The third-order valence-electron chi connectivity index (χ3n) is 11.3. The maximum Gasteiger partial charge on any atom is 0.326 e. The van der Waals surface area contributed by atoms with Crippen molar-refractivity contribution in [3.05, 3.63) is 48.0 Å². The van der Waals surface area contributed by atoms with Crippen LogP contribution in [0.3, 0.4) is 0 Å². The van der Waals surface area contributed by atoms with Crippen LogP contribution in [0.4, 0.5) is 0 Å². The molecule has 0 saturated carbocycles. The number of rotatable bonds is 35. The van der Waals surface area contributed by atoms with Gasteiger partial charge in [0.2, 0.25) is 47.3 Å². The summed E-state index contributed by atoms with van der Waals surface area (Å²) in [6.45, 7) is 6.61. The number of aliphatic hydroxyl groups excluding tert-OH is 1. The highest BCUT2D eigenvalue weighted by Gasteiger charge is 2.35. The van der Waals surface area contributed by atoms with E-state index in [2.05, 4.69) is 52.2 Å². The predicted octanol–water partition coefficient (Wildman–Crippen LogP) is -3.76. The molecule has 27 nitrogen and oxygen atoms in total. The van der Waals surface area contributed by atoms with Crippen molar-refractivity contribution >= 4 is 59.2 Å². The summed E-state index contributed by atoms with van der Waals surface area (Å²) < 4.78 is 0. The van der Waals surface area contributed by atoms with Crippen LogP contribution in [0, 0.1) is 11.8 Å². The zero-order valence-corrected chi connectivity index (χ0v) is 42.4. The normalized spacial score (nSPS) is 14.4. The van der Waals surface area contributed by atoms with E-state index in [4.69, 9.17) is 28.7 Å². The van der Waals surface area contributed by atoms with Gasteiger partial charge >= 0.3 is 5.97 Å². The van der Waals surface area contributed by atoms with Crippen molar-refractivity contribution in [1.82, 2.24) is 47.2 Å². The Morgan fingerprint density at radius 3 is 1.57 bits per heavy atom. The van der Waals surface area contributed by atoms with E-state index in [9.17, 15) is 58.5 Å². The number of nitrogens with one attached hydrogen (secondary N) is 8. The van der Waals surface area contributed by atoms with Gasteiger partial charge in [-0.15, -0.1) is 0 Å². The molecular weight excluding hydrogens is 967 g/mol. The van der Waals surface area contributed by atoms with Gasteiger partial charge in [-0.05, 0) is 87.4 Å². The number of aliphatic hydroxyl groups is 1. The number of aromatic amines is 1. The van der Waals surface area contributed by atoms with E-state index in [0.29, 0.717) is 17.7 Å². The summed E-state index contributed by atoms with van der Waals surface area (Å²) in [5, 5.41) is 47.3. The standard InChI is InChI=1S/C47H77N15O12/c1-25(2)18-34(60-45(72)36(21-28-22-53-24-55-28)59-39(66)30(49)23-63)43(70)58-33(14-15-38(50)65)42(69)56-31(8-5-6-16-48)40(67)61-35(20-27-10-12-29(64)13-11-27)44(71)57-32(9-7-17-54-47(51)52)41(68)62-37(46(73)74)19-26(3)4/h10-13,22,24-26,30-37,63-64H,5-9,14-21,23,48-49H2,1-4H3,(H2,50,65)(H,53,55)(H,56,69)(H,57,71)(H,58,70)(H,59,66)(H,60,72)(H,61,67)(H,62,68)(H,73,74)(H4,51,52,54)/t30-,31-,32-,33-,34-,35-,36-,37-/m0/s1. The lowest BCUT2D eigenvalue weighted by atomic mass is 10.0. The number of carbonyl (C=O) groups is 9. The predicted molar refractivity (Wildman–Crippen MR) is 270 cm³/mol. The quantitative estimate of drug-likeness (QED) is 0.0179. The summed E-state index contributed by atoms with van der Waals surface area (Å²) in [6.07, 6.45) is 2.49. The largest absolute Gasteiger partial charge is 0.508 e. The van der Waals surface area contributed by atoms with Gasteiger partial charge in [0.15, 0.2) is 5.96 Å². The summed E-state index contributed by atoms with van der Waals surface area (Å²) in [7, 11) is 0. The van der Waals surface area contributed by atoms with Crippen molar-refractivity contribution in [2.75, 3.05) is 19.7 Å². The number of aliphatic imine (C=N–C) groups is 1. The molecule has 0 aliphatic rings. The van der Waals surface area contributed by atoms with Gasteiger partial charge < -0.3 is 86.2 Å². The number of carboxylic acid groups (broad SMARTS) is 1. The third-order valence-corrected chi connectivity index (χ3v) is 11.3. The van der Waals surface area contributed by atoms with Gasteiger partial charge in [-0.1, -0.05) is 39.8 Å². The molecule has 27 heteroatoms. The zero-order valence-electron chi connectivity index (χ0n) is 42.4. The number of hydrogen-bond acceptors (Lipinski definition) is 15. The lowest BCUT2D eigenvalue weighted by molar-refractivity contribution is -0.143. The second-order valence-electron chi connectivity index (χ2n) is 18.7. The van der Waals surface area contributed by atoms with Crippen LogP contribution in [0.15, 0.2) is 41.8 Å². The molecule has 0 saturated heterocycles. The van der Waals surface area contributed by atoms with Crippen LogP contribution in [0.5, 0.6) is 5.75 Å². The molecule has 0 fully saturated rings. The Bertz CT molecular complexity index is 2170. The number of hydrogen-bond donors (Lipinski definition) is 16. The minimum absolute atomic E-state index is 0.0219. The molecule has 0 aliphatic heterocycles. The summed E-state index contributed by atoms with van der Waals surface area (Å²) in [5.74, 6) is -8.90. The molecule has 1 aromatic heterocycles. The summed E-state index contributed by atoms with van der Waals surface area (Å²) in [5.41, 5.74) is 28.7. The van der Waals surface area contributed by atoms with Crippen LogP contribution in [0.1, 0.15) is 96.7 Å². The Morgan fingerprint density at radius 1 is 0.622 bits per heavy atom. The number of phenols is 1. The maximum absolute atomic E-state index is 14.4. The van der Waals surface area contributed by atoms with Crippen LogP contribution < -0.4 is 65.9 Å². The number of aromatic nitrogens is 2. The number of aromatic hydroxyl groups is 1. The molecule has 21 N–H and O–H groups in total. The van der Waals surface area contributed by atoms with Gasteiger partial charge in [0, 0.05) is 37.7 Å². The number of carboxylic acids is 1.